The molecule has 8 nitrogen and oxygen atoms in total. The van der Waals surface area contributed by atoms with E-state index in [2.05, 4.69) is 19.6 Å². The minimum Gasteiger partial charge on any atom is -0.396 e. The molecule has 0 aromatic rings. The Bertz CT molecular complexity index is 313. The van der Waals surface area contributed by atoms with Crippen LogP contribution in [0.3, 0.4) is 0 Å². The van der Waals surface area contributed by atoms with E-state index in [1.54, 1.807) is 0 Å². The standard InChI is InChI=1S/C12H20O8/c13-8-4-1-2-6-10(15)17-18-11(16)12(19-20-12)7-3-5-9-14/h13-14H,1-9H2. The van der Waals surface area contributed by atoms with Gasteiger partial charge in [0.15, 0.2) is 0 Å². The second-order valence-electron chi connectivity index (χ2n) is 4.46. The van der Waals surface area contributed by atoms with Gasteiger partial charge in [-0.15, -0.1) is 0 Å². The molecule has 0 aromatic carbocycles. The van der Waals surface area contributed by atoms with Crippen molar-refractivity contribution in [3.05, 3.63) is 0 Å². The molecule has 1 aliphatic rings. The number of unbranched alkanes of at least 4 members (excludes halogenated alkanes) is 3. The molecule has 1 saturated heterocycles. The van der Waals surface area contributed by atoms with E-state index in [1.807, 2.05) is 0 Å². The highest BCUT2D eigenvalue weighted by molar-refractivity contribution is 5.79. The zero-order valence-corrected chi connectivity index (χ0v) is 11.2. The molecule has 0 bridgehead atoms. The molecule has 0 spiro atoms. The summed E-state index contributed by atoms with van der Waals surface area (Å²) >= 11 is 0. The molecule has 0 radical (unpaired) electrons. The van der Waals surface area contributed by atoms with E-state index < -0.39 is 17.7 Å². The predicted molar refractivity (Wildman–Crippen MR) is 63.6 cm³/mol. The van der Waals surface area contributed by atoms with Crippen molar-refractivity contribution in [3.8, 4) is 0 Å². The summed E-state index contributed by atoms with van der Waals surface area (Å²) in [6.45, 7) is 0.0863. The van der Waals surface area contributed by atoms with E-state index in [-0.39, 0.29) is 26.1 Å². The van der Waals surface area contributed by atoms with Crippen LogP contribution in [0.4, 0.5) is 0 Å². The fourth-order valence-electron chi connectivity index (χ4n) is 1.52. The summed E-state index contributed by atoms with van der Waals surface area (Å²) in [6.07, 6.45) is 3.20. The predicted octanol–water partition coefficient (Wildman–Crippen LogP) is 0.361. The molecular weight excluding hydrogens is 272 g/mol. The summed E-state index contributed by atoms with van der Waals surface area (Å²) in [4.78, 5) is 40.7. The molecule has 0 aliphatic carbocycles. The summed E-state index contributed by atoms with van der Waals surface area (Å²) in [7, 11) is 0. The van der Waals surface area contributed by atoms with Crippen molar-refractivity contribution in [2.75, 3.05) is 13.2 Å². The smallest absolute Gasteiger partial charge is 0.396 e. The molecular formula is C12H20O8. The van der Waals surface area contributed by atoms with Crippen LogP contribution in [0.5, 0.6) is 0 Å². The van der Waals surface area contributed by atoms with Crippen molar-refractivity contribution in [2.24, 2.45) is 0 Å². The minimum absolute atomic E-state index is 0.00789. The maximum absolute atomic E-state index is 11.6. The Labute approximate surface area is 116 Å². The number of carbonyl (C=O) groups excluding carboxylic acids is 2. The first-order valence-corrected chi connectivity index (χ1v) is 6.65. The Morgan fingerprint density at radius 3 is 2.15 bits per heavy atom. The van der Waals surface area contributed by atoms with Crippen molar-refractivity contribution in [1.82, 2.24) is 0 Å². The summed E-state index contributed by atoms with van der Waals surface area (Å²) < 4.78 is 0. The summed E-state index contributed by atoms with van der Waals surface area (Å²) in [5.41, 5.74) is 0. The lowest BCUT2D eigenvalue weighted by Gasteiger charge is -2.06. The van der Waals surface area contributed by atoms with Gasteiger partial charge >= 0.3 is 17.7 Å². The molecule has 1 aliphatic heterocycles. The first-order chi connectivity index (χ1) is 9.64. The number of rotatable bonds is 10. The summed E-state index contributed by atoms with van der Waals surface area (Å²) in [5, 5.41) is 17.2. The average Bonchev–Trinajstić information content (AvgIpc) is 3.22. The lowest BCUT2D eigenvalue weighted by Crippen LogP contribution is -2.27. The van der Waals surface area contributed by atoms with Crippen LogP contribution >= 0.6 is 0 Å². The van der Waals surface area contributed by atoms with Gasteiger partial charge in [-0.25, -0.2) is 19.4 Å². The number of aliphatic hydroxyl groups excluding tert-OH is 2. The van der Waals surface area contributed by atoms with Crippen molar-refractivity contribution in [1.29, 1.82) is 0 Å². The fraction of sp³-hybridized carbons (Fsp3) is 0.833. The molecule has 1 rings (SSSR count). The van der Waals surface area contributed by atoms with Gasteiger partial charge in [-0.3, -0.25) is 0 Å². The first-order valence-electron chi connectivity index (χ1n) is 6.65. The third-order valence-electron chi connectivity index (χ3n) is 2.76. The van der Waals surface area contributed by atoms with E-state index in [0.717, 1.165) is 0 Å². The van der Waals surface area contributed by atoms with Gasteiger partial charge in [0.2, 0.25) is 0 Å². The third kappa shape index (κ3) is 5.83. The quantitative estimate of drug-likeness (QED) is 0.256. The summed E-state index contributed by atoms with van der Waals surface area (Å²) in [6, 6.07) is 0. The molecule has 8 heteroatoms. The van der Waals surface area contributed by atoms with E-state index in [1.165, 1.54) is 0 Å². The van der Waals surface area contributed by atoms with Gasteiger partial charge in [-0.05, 0) is 25.7 Å². The number of carbonyl (C=O) groups is 2. The molecule has 0 atom stereocenters. The Morgan fingerprint density at radius 2 is 1.55 bits per heavy atom. The Kier molecular flexibility index (Phi) is 7.45. The number of hydrogen-bond donors (Lipinski definition) is 2. The topological polar surface area (TPSA) is 118 Å². The van der Waals surface area contributed by atoms with Crippen molar-refractivity contribution in [3.63, 3.8) is 0 Å². The Balaban J connectivity index is 2.14. The molecule has 1 heterocycles. The maximum atomic E-state index is 11.6. The second-order valence-corrected chi connectivity index (χ2v) is 4.46. The third-order valence-corrected chi connectivity index (χ3v) is 2.76. The van der Waals surface area contributed by atoms with Gasteiger partial charge in [-0.1, -0.05) is 6.42 Å². The highest BCUT2D eigenvalue weighted by atomic mass is 17.4. The molecule has 0 amide bonds. The molecule has 0 saturated carbocycles. The Hall–Kier alpha value is -1.22. The van der Waals surface area contributed by atoms with Gasteiger partial charge in [0, 0.05) is 19.6 Å². The van der Waals surface area contributed by atoms with Crippen LogP contribution in [0.2, 0.25) is 0 Å². The van der Waals surface area contributed by atoms with Crippen LogP contribution in [0.1, 0.15) is 44.9 Å². The molecule has 116 valence electrons. The van der Waals surface area contributed by atoms with E-state index in [9.17, 15) is 9.59 Å². The van der Waals surface area contributed by atoms with Crippen LogP contribution < -0.4 is 0 Å². The van der Waals surface area contributed by atoms with Crippen molar-refractivity contribution in [2.45, 2.75) is 50.7 Å². The van der Waals surface area contributed by atoms with Crippen LogP contribution in [-0.4, -0.2) is 41.2 Å². The van der Waals surface area contributed by atoms with Gasteiger partial charge < -0.3 is 10.2 Å². The average molecular weight is 292 g/mol. The second kappa shape index (κ2) is 8.85. The molecule has 1 fully saturated rings. The molecule has 20 heavy (non-hydrogen) atoms. The maximum Gasteiger partial charge on any atom is 0.420 e. The van der Waals surface area contributed by atoms with Crippen LogP contribution in [0.25, 0.3) is 0 Å². The number of hydrogen-bond acceptors (Lipinski definition) is 8. The van der Waals surface area contributed by atoms with Crippen LogP contribution in [0, 0.1) is 0 Å². The monoisotopic (exact) mass is 292 g/mol. The van der Waals surface area contributed by atoms with Gasteiger partial charge in [0.1, 0.15) is 0 Å². The highest BCUT2D eigenvalue weighted by Crippen LogP contribution is 2.36. The molecule has 0 aromatic heterocycles. The Morgan fingerprint density at radius 1 is 0.900 bits per heavy atom. The highest BCUT2D eigenvalue weighted by Gasteiger charge is 2.59. The zero-order valence-electron chi connectivity index (χ0n) is 11.2. The van der Waals surface area contributed by atoms with Crippen LogP contribution in [0.15, 0.2) is 0 Å². The van der Waals surface area contributed by atoms with Gasteiger partial charge in [-0.2, -0.15) is 9.78 Å². The van der Waals surface area contributed by atoms with E-state index >= 15 is 0 Å². The summed E-state index contributed by atoms with van der Waals surface area (Å²) in [5.74, 6) is -3.08. The fourth-order valence-corrected chi connectivity index (χ4v) is 1.52. The van der Waals surface area contributed by atoms with Crippen molar-refractivity contribution >= 4 is 11.9 Å². The van der Waals surface area contributed by atoms with E-state index in [0.29, 0.717) is 32.1 Å². The zero-order chi connectivity index (χ0) is 14.8. The SMILES string of the molecule is O=C(CCCCCO)OOC(=O)C1(CCCCO)OO1. The lowest BCUT2D eigenvalue weighted by molar-refractivity contribution is -0.264. The largest absolute Gasteiger partial charge is 0.420 e. The normalized spacial score (nSPS) is 15.7. The van der Waals surface area contributed by atoms with E-state index in [4.69, 9.17) is 10.2 Å². The number of aliphatic hydroxyl groups is 2. The van der Waals surface area contributed by atoms with Crippen LogP contribution in [-0.2, 0) is 29.1 Å². The minimum atomic E-state index is -1.49. The lowest BCUT2D eigenvalue weighted by atomic mass is 10.1. The van der Waals surface area contributed by atoms with Crippen molar-refractivity contribution < 1.29 is 39.4 Å². The first kappa shape index (κ1) is 16.8. The van der Waals surface area contributed by atoms with Gasteiger partial charge in [0.25, 0.3) is 0 Å². The molecule has 0 unspecified atom stereocenters. The molecule has 2 N–H and O–H groups in total. The van der Waals surface area contributed by atoms with Gasteiger partial charge in [0.05, 0.1) is 6.42 Å².